The summed E-state index contributed by atoms with van der Waals surface area (Å²) in [6.07, 6.45) is 1.65. The molecule has 6 heteroatoms. The Bertz CT molecular complexity index is 1220. The molecule has 0 bridgehead atoms. The van der Waals surface area contributed by atoms with Gasteiger partial charge in [-0.05, 0) is 36.4 Å². The number of para-hydroxylation sites is 1. The molecule has 0 unspecified atom stereocenters. The Morgan fingerprint density at radius 1 is 0.935 bits per heavy atom. The lowest BCUT2D eigenvalue weighted by molar-refractivity contribution is 0.102. The van der Waals surface area contributed by atoms with Gasteiger partial charge in [-0.15, -0.1) is 0 Å². The van der Waals surface area contributed by atoms with E-state index < -0.39 is 0 Å². The molecule has 3 heterocycles. The van der Waals surface area contributed by atoms with Gasteiger partial charge in [0.25, 0.3) is 5.91 Å². The summed E-state index contributed by atoms with van der Waals surface area (Å²) < 4.78 is 5.47. The van der Waals surface area contributed by atoms with Gasteiger partial charge < -0.3 is 15.0 Å². The molecule has 5 rings (SSSR count). The number of nitrogens with one attached hydrogen (secondary N) is 1. The molecule has 154 valence electrons. The van der Waals surface area contributed by atoms with Crippen LogP contribution in [0.3, 0.4) is 0 Å². The number of amides is 1. The van der Waals surface area contributed by atoms with Gasteiger partial charge in [-0.1, -0.05) is 36.4 Å². The Labute approximate surface area is 180 Å². The van der Waals surface area contributed by atoms with Gasteiger partial charge in [-0.2, -0.15) is 0 Å². The maximum absolute atomic E-state index is 12.9. The molecule has 0 aliphatic carbocycles. The fraction of sp³-hybridized carbons (Fsp3) is 0.160. The molecule has 2 aromatic heterocycles. The molecule has 0 saturated carbocycles. The third kappa shape index (κ3) is 4.11. The number of hydrogen-bond acceptors (Lipinski definition) is 5. The highest BCUT2D eigenvalue weighted by Crippen LogP contribution is 2.27. The minimum atomic E-state index is -0.226. The van der Waals surface area contributed by atoms with Gasteiger partial charge in [0.15, 0.2) is 0 Å². The van der Waals surface area contributed by atoms with Crippen LogP contribution in [0.5, 0.6) is 0 Å². The molecule has 1 aliphatic heterocycles. The zero-order valence-electron chi connectivity index (χ0n) is 17.0. The van der Waals surface area contributed by atoms with Gasteiger partial charge in [0, 0.05) is 35.9 Å². The van der Waals surface area contributed by atoms with Crippen molar-refractivity contribution in [2.45, 2.75) is 0 Å². The van der Waals surface area contributed by atoms with Crippen molar-refractivity contribution in [1.82, 2.24) is 9.97 Å². The summed E-state index contributed by atoms with van der Waals surface area (Å²) in [5, 5.41) is 3.77. The van der Waals surface area contributed by atoms with Gasteiger partial charge in [0.2, 0.25) is 0 Å². The third-order valence-corrected chi connectivity index (χ3v) is 5.39. The van der Waals surface area contributed by atoms with Crippen molar-refractivity contribution >= 4 is 28.3 Å². The van der Waals surface area contributed by atoms with E-state index in [0.717, 1.165) is 48.6 Å². The van der Waals surface area contributed by atoms with E-state index in [2.05, 4.69) is 33.4 Å². The molecule has 31 heavy (non-hydrogen) atoms. The van der Waals surface area contributed by atoms with E-state index in [1.165, 1.54) is 0 Å². The van der Waals surface area contributed by atoms with Crippen molar-refractivity contribution in [3.8, 4) is 11.3 Å². The minimum Gasteiger partial charge on any atom is -0.378 e. The van der Waals surface area contributed by atoms with Crippen molar-refractivity contribution in [3.63, 3.8) is 0 Å². The Hall–Kier alpha value is -3.77. The summed E-state index contributed by atoms with van der Waals surface area (Å²) in [6, 6.07) is 23.4. The number of carbonyl (C=O) groups is 1. The molecule has 1 saturated heterocycles. The molecule has 4 aromatic rings. The monoisotopic (exact) mass is 410 g/mol. The van der Waals surface area contributed by atoms with Crippen LogP contribution in [0.25, 0.3) is 22.2 Å². The Balaban J connectivity index is 1.50. The second-order valence-electron chi connectivity index (χ2n) is 7.39. The standard InChI is InChI=1S/C25H22N4O2/c30-25(28-23-9-1-2-12-26-23)21-8-4-5-18-10-11-22(27-24(18)21)19-6-3-7-20(17-19)29-13-15-31-16-14-29/h1-12,17H,13-16H2,(H,26,28,30). The van der Waals surface area contributed by atoms with E-state index in [9.17, 15) is 4.79 Å². The number of rotatable bonds is 4. The van der Waals surface area contributed by atoms with Gasteiger partial charge in [0.1, 0.15) is 5.82 Å². The normalized spacial score (nSPS) is 13.9. The number of fused-ring (bicyclic) bond motifs is 1. The predicted octanol–water partition coefficient (Wildman–Crippen LogP) is 4.39. The van der Waals surface area contributed by atoms with Crippen molar-refractivity contribution in [2.24, 2.45) is 0 Å². The second-order valence-corrected chi connectivity index (χ2v) is 7.39. The van der Waals surface area contributed by atoms with Crippen LogP contribution in [-0.4, -0.2) is 42.2 Å². The number of nitrogens with zero attached hydrogens (tertiary/aromatic N) is 3. The van der Waals surface area contributed by atoms with Crippen LogP contribution in [0.4, 0.5) is 11.5 Å². The number of morpholine rings is 1. The lowest BCUT2D eigenvalue weighted by atomic mass is 10.1. The van der Waals surface area contributed by atoms with E-state index in [1.807, 2.05) is 42.5 Å². The summed E-state index contributed by atoms with van der Waals surface area (Å²) in [5.74, 6) is 0.287. The number of aromatic nitrogens is 2. The molecule has 0 radical (unpaired) electrons. The number of carbonyl (C=O) groups excluding carboxylic acids is 1. The van der Waals surface area contributed by atoms with Crippen molar-refractivity contribution in [2.75, 3.05) is 36.5 Å². The van der Waals surface area contributed by atoms with Crippen LogP contribution in [0, 0.1) is 0 Å². The van der Waals surface area contributed by atoms with Crippen LogP contribution in [0.1, 0.15) is 10.4 Å². The predicted molar refractivity (Wildman–Crippen MR) is 122 cm³/mol. The molecule has 0 spiro atoms. The van der Waals surface area contributed by atoms with Crippen molar-refractivity contribution in [1.29, 1.82) is 0 Å². The fourth-order valence-corrected chi connectivity index (χ4v) is 3.79. The molecule has 1 N–H and O–H groups in total. The zero-order valence-corrected chi connectivity index (χ0v) is 17.0. The fourth-order valence-electron chi connectivity index (χ4n) is 3.79. The molecular weight excluding hydrogens is 388 g/mol. The lowest BCUT2D eigenvalue weighted by Gasteiger charge is -2.29. The van der Waals surface area contributed by atoms with Crippen LogP contribution in [0.15, 0.2) is 79.0 Å². The molecule has 6 nitrogen and oxygen atoms in total. The quantitative estimate of drug-likeness (QED) is 0.541. The number of ether oxygens (including phenoxy) is 1. The van der Waals surface area contributed by atoms with Crippen LogP contribution in [-0.2, 0) is 4.74 Å². The Kier molecular flexibility index (Phi) is 5.29. The van der Waals surface area contributed by atoms with E-state index in [-0.39, 0.29) is 5.91 Å². The molecule has 1 fully saturated rings. The molecule has 0 atom stereocenters. The molecule has 2 aromatic carbocycles. The average molecular weight is 410 g/mol. The molecule has 1 aliphatic rings. The number of anilines is 2. The first-order valence-corrected chi connectivity index (χ1v) is 10.3. The van der Waals surface area contributed by atoms with Gasteiger partial charge in [-0.3, -0.25) is 4.79 Å². The summed E-state index contributed by atoms with van der Waals surface area (Å²) >= 11 is 0. The highest BCUT2D eigenvalue weighted by molar-refractivity contribution is 6.11. The van der Waals surface area contributed by atoms with Gasteiger partial charge >= 0.3 is 0 Å². The Morgan fingerprint density at radius 3 is 2.65 bits per heavy atom. The largest absolute Gasteiger partial charge is 0.378 e. The average Bonchev–Trinajstić information content (AvgIpc) is 2.84. The highest BCUT2D eigenvalue weighted by Gasteiger charge is 2.15. The maximum atomic E-state index is 12.9. The van der Waals surface area contributed by atoms with E-state index in [1.54, 1.807) is 18.3 Å². The summed E-state index contributed by atoms with van der Waals surface area (Å²) in [6.45, 7) is 3.25. The van der Waals surface area contributed by atoms with E-state index in [0.29, 0.717) is 16.9 Å². The van der Waals surface area contributed by atoms with Crippen LogP contribution < -0.4 is 10.2 Å². The first-order valence-electron chi connectivity index (χ1n) is 10.3. The smallest absolute Gasteiger partial charge is 0.259 e. The topological polar surface area (TPSA) is 67.4 Å². The molecule has 1 amide bonds. The summed E-state index contributed by atoms with van der Waals surface area (Å²) in [5.41, 5.74) is 4.20. The van der Waals surface area contributed by atoms with Crippen molar-refractivity contribution < 1.29 is 9.53 Å². The van der Waals surface area contributed by atoms with Gasteiger partial charge in [-0.25, -0.2) is 9.97 Å². The summed E-state index contributed by atoms with van der Waals surface area (Å²) in [7, 11) is 0. The van der Waals surface area contributed by atoms with Crippen LogP contribution >= 0.6 is 0 Å². The number of hydrogen-bond donors (Lipinski definition) is 1. The first-order chi connectivity index (χ1) is 15.3. The van der Waals surface area contributed by atoms with Crippen LogP contribution in [0.2, 0.25) is 0 Å². The number of benzene rings is 2. The lowest BCUT2D eigenvalue weighted by Crippen LogP contribution is -2.36. The van der Waals surface area contributed by atoms with Gasteiger partial charge in [0.05, 0.1) is 30.0 Å². The number of pyridine rings is 2. The first kappa shape index (κ1) is 19.2. The van der Waals surface area contributed by atoms with E-state index in [4.69, 9.17) is 9.72 Å². The summed E-state index contributed by atoms with van der Waals surface area (Å²) in [4.78, 5) is 24.3. The highest BCUT2D eigenvalue weighted by atomic mass is 16.5. The minimum absolute atomic E-state index is 0.226. The Morgan fingerprint density at radius 2 is 1.81 bits per heavy atom. The SMILES string of the molecule is O=C(Nc1ccccn1)c1cccc2ccc(-c3cccc(N4CCOCC4)c3)nc12. The zero-order chi connectivity index (χ0) is 21.0. The maximum Gasteiger partial charge on any atom is 0.259 e. The second kappa shape index (κ2) is 8.53. The van der Waals surface area contributed by atoms with E-state index >= 15 is 0 Å². The molecular formula is C25H22N4O2. The third-order valence-electron chi connectivity index (χ3n) is 5.39. The van der Waals surface area contributed by atoms with Crippen molar-refractivity contribution in [3.05, 3.63) is 84.6 Å².